The van der Waals surface area contributed by atoms with E-state index in [1.165, 1.54) is 48.6 Å². The molecule has 0 unspecified atom stereocenters. The van der Waals surface area contributed by atoms with Crippen LogP contribution in [-0.2, 0) is 21.7 Å². The van der Waals surface area contributed by atoms with Crippen molar-refractivity contribution >= 4 is 68.8 Å². The lowest BCUT2D eigenvalue weighted by Crippen LogP contribution is -2.75. The Balaban J connectivity index is 0.913. The van der Waals surface area contributed by atoms with Crippen LogP contribution in [0.4, 0.5) is 39.9 Å². The molecular formula is C82H78N4OSi. The Morgan fingerprint density at radius 3 is 1.52 bits per heavy atom. The molecule has 0 saturated heterocycles. The van der Waals surface area contributed by atoms with Crippen LogP contribution < -0.4 is 40.2 Å². The zero-order valence-corrected chi connectivity index (χ0v) is 53.6. The number of nitrogens with zero attached hydrogens (tertiary/aromatic N) is 4. The fourth-order valence-electron chi connectivity index (χ4n) is 13.6. The molecule has 3 aliphatic rings. The average molecular weight is 1170 g/mol. The number of hydrogen-bond donors (Lipinski definition) is 0. The van der Waals surface area contributed by atoms with E-state index in [0.29, 0.717) is 23.7 Å². The van der Waals surface area contributed by atoms with Gasteiger partial charge in [0, 0.05) is 40.8 Å². The van der Waals surface area contributed by atoms with Crippen LogP contribution >= 0.6 is 0 Å². The summed E-state index contributed by atoms with van der Waals surface area (Å²) in [7, 11) is -2.93. The van der Waals surface area contributed by atoms with Crippen LogP contribution in [0, 0.1) is 0 Å². The highest BCUT2D eigenvalue weighted by Crippen LogP contribution is 2.52. The Kier molecular flexibility index (Phi) is 12.1. The molecule has 436 valence electrons. The minimum Gasteiger partial charge on any atom is -0.457 e. The summed E-state index contributed by atoms with van der Waals surface area (Å²) in [5.41, 5.74) is 17.1. The molecule has 88 heavy (non-hydrogen) atoms. The maximum atomic E-state index is 9.50. The van der Waals surface area contributed by atoms with Gasteiger partial charge in [-0.1, -0.05) is 253 Å². The third-order valence-electron chi connectivity index (χ3n) is 18.3. The van der Waals surface area contributed by atoms with Crippen molar-refractivity contribution in [2.24, 2.45) is 0 Å². The molecule has 1 aromatic heterocycles. The van der Waals surface area contributed by atoms with E-state index in [2.05, 4.69) is 274 Å². The molecule has 0 fully saturated rings. The summed E-state index contributed by atoms with van der Waals surface area (Å²) in [6.07, 6.45) is 1.94. The van der Waals surface area contributed by atoms with E-state index in [1.807, 2.05) is 36.5 Å². The van der Waals surface area contributed by atoms with Crippen LogP contribution in [0.1, 0.15) is 112 Å². The molecule has 5 nitrogen and oxygen atoms in total. The van der Waals surface area contributed by atoms with Gasteiger partial charge in [0.1, 0.15) is 24.0 Å². The van der Waals surface area contributed by atoms with E-state index in [-0.39, 0.29) is 51.4 Å². The van der Waals surface area contributed by atoms with Crippen LogP contribution in [0.5, 0.6) is 11.5 Å². The SMILES string of the molecule is [2H]c1c([2H])c([2H])c(-c2cccc(-c3cc(-c4cc(C(C)(C)C)cc(C(C)(C)C)c4)cc(C(C)(C)C)c3)c2N2CN(c3cccc(Oc4ccc5c(c4)N(c4cc(C(C)(C)C)ccn4)c4ccccc4[Si]54c5ccccc5-c5ccccc54)c3)c3ccccc32)c([2H])c1[2H]. The van der Waals surface area contributed by atoms with Gasteiger partial charge in [-0.25, -0.2) is 4.98 Å². The van der Waals surface area contributed by atoms with Crippen LogP contribution in [0.2, 0.25) is 0 Å². The van der Waals surface area contributed by atoms with Crippen molar-refractivity contribution in [2.75, 3.05) is 21.4 Å². The third-order valence-corrected chi connectivity index (χ3v) is 23.2. The minimum atomic E-state index is -2.93. The van der Waals surface area contributed by atoms with Crippen molar-refractivity contribution in [3.8, 4) is 56.0 Å². The number of rotatable bonds is 8. The van der Waals surface area contributed by atoms with Crippen LogP contribution in [0.3, 0.4) is 0 Å². The average Bonchev–Trinajstić information content (AvgIpc) is 1.59. The second kappa shape index (κ2) is 21.0. The van der Waals surface area contributed by atoms with Crippen LogP contribution in [-0.4, -0.2) is 19.7 Å². The Labute approximate surface area is 529 Å². The summed E-state index contributed by atoms with van der Waals surface area (Å²) in [6, 6.07) is 72.8. The molecule has 14 rings (SSSR count). The van der Waals surface area contributed by atoms with Gasteiger partial charge in [-0.05, 0) is 153 Å². The van der Waals surface area contributed by atoms with E-state index < -0.39 is 14.1 Å². The minimum absolute atomic E-state index is 0.109. The van der Waals surface area contributed by atoms with Crippen molar-refractivity contribution < 1.29 is 11.6 Å². The highest BCUT2D eigenvalue weighted by atomic mass is 28.3. The molecule has 4 heterocycles. The summed E-state index contributed by atoms with van der Waals surface area (Å²) in [5.74, 6) is 2.18. The molecule has 11 aromatic rings. The zero-order chi connectivity index (χ0) is 65.4. The maximum Gasteiger partial charge on any atom is 0.185 e. The highest BCUT2D eigenvalue weighted by Gasteiger charge is 2.54. The summed E-state index contributed by atoms with van der Waals surface area (Å²) >= 11 is 0. The second-order valence-corrected chi connectivity index (χ2v) is 31.8. The quantitative estimate of drug-likeness (QED) is 0.142. The number of para-hydroxylation sites is 4. The third kappa shape index (κ3) is 9.64. The summed E-state index contributed by atoms with van der Waals surface area (Å²) in [5, 5.41) is 5.34. The van der Waals surface area contributed by atoms with E-state index >= 15 is 0 Å². The smallest absolute Gasteiger partial charge is 0.185 e. The Hall–Kier alpha value is -9.23. The first-order valence-electron chi connectivity index (χ1n) is 33.4. The highest BCUT2D eigenvalue weighted by molar-refractivity contribution is 7.23. The van der Waals surface area contributed by atoms with Gasteiger partial charge in [0.15, 0.2) is 8.07 Å². The molecule has 3 aliphatic heterocycles. The molecule has 0 amide bonds. The molecular weight excluding hydrogens is 1090 g/mol. The molecule has 6 heteroatoms. The van der Waals surface area contributed by atoms with Crippen molar-refractivity contribution in [3.05, 3.63) is 265 Å². The van der Waals surface area contributed by atoms with Gasteiger partial charge in [-0.15, -0.1) is 0 Å². The topological polar surface area (TPSA) is 31.8 Å². The number of benzene rings is 10. The monoisotopic (exact) mass is 1170 g/mol. The normalized spacial score (nSPS) is 14.9. The fourth-order valence-corrected chi connectivity index (χ4v) is 19.1. The first-order chi connectivity index (χ1) is 44.2. The first kappa shape index (κ1) is 50.9. The van der Waals surface area contributed by atoms with Gasteiger partial charge in [0.05, 0.1) is 29.6 Å². The van der Waals surface area contributed by atoms with E-state index in [0.717, 1.165) is 67.8 Å². The number of ether oxygens (including phenoxy) is 1. The van der Waals surface area contributed by atoms with E-state index in [1.54, 1.807) is 0 Å². The van der Waals surface area contributed by atoms with Crippen molar-refractivity contribution in [1.29, 1.82) is 0 Å². The molecule has 10 aromatic carbocycles. The lowest BCUT2D eigenvalue weighted by molar-refractivity contribution is 0.483. The molecule has 0 N–H and O–H groups in total. The predicted octanol–water partition coefficient (Wildman–Crippen LogP) is 19.5. The van der Waals surface area contributed by atoms with Gasteiger partial charge in [-0.3, -0.25) is 4.90 Å². The maximum absolute atomic E-state index is 9.50. The first-order valence-corrected chi connectivity index (χ1v) is 32.9. The van der Waals surface area contributed by atoms with Gasteiger partial charge in [0.25, 0.3) is 0 Å². The summed E-state index contributed by atoms with van der Waals surface area (Å²) in [6.45, 7) is 27.4. The Morgan fingerprint density at radius 2 is 0.886 bits per heavy atom. The molecule has 0 bridgehead atoms. The Bertz CT molecular complexity index is 4750. The molecule has 0 aliphatic carbocycles. The van der Waals surface area contributed by atoms with Gasteiger partial charge < -0.3 is 14.5 Å². The van der Waals surface area contributed by atoms with Gasteiger partial charge >= 0.3 is 0 Å². The van der Waals surface area contributed by atoms with Gasteiger partial charge in [-0.2, -0.15) is 0 Å². The second-order valence-electron chi connectivity index (χ2n) is 28.2. The molecule has 1 spiro atoms. The number of anilines is 7. The number of aromatic nitrogens is 1. The van der Waals surface area contributed by atoms with Crippen molar-refractivity contribution in [3.63, 3.8) is 0 Å². The number of pyridine rings is 1. The molecule has 0 atom stereocenters. The van der Waals surface area contributed by atoms with Crippen molar-refractivity contribution in [1.82, 2.24) is 4.98 Å². The predicted molar refractivity (Wildman–Crippen MR) is 375 cm³/mol. The van der Waals surface area contributed by atoms with Crippen LogP contribution in [0.15, 0.2) is 243 Å². The number of hydrogen-bond acceptors (Lipinski definition) is 5. The molecule has 0 saturated carbocycles. The number of fused-ring (bicyclic) bond motifs is 10. The lowest BCUT2D eigenvalue weighted by atomic mass is 9.78. The fraction of sp³-hybridized carbons (Fsp3) is 0.207. The Morgan fingerprint density at radius 1 is 0.386 bits per heavy atom. The largest absolute Gasteiger partial charge is 0.457 e. The molecule has 0 radical (unpaired) electrons. The summed E-state index contributed by atoms with van der Waals surface area (Å²) in [4.78, 5) is 12.0. The lowest BCUT2D eigenvalue weighted by Gasteiger charge is -2.43. The van der Waals surface area contributed by atoms with E-state index in [9.17, 15) is 2.74 Å². The zero-order valence-electron chi connectivity index (χ0n) is 57.6. The van der Waals surface area contributed by atoms with Crippen molar-refractivity contribution in [2.45, 2.75) is 105 Å². The van der Waals surface area contributed by atoms with Crippen LogP contribution in [0.25, 0.3) is 44.5 Å². The van der Waals surface area contributed by atoms with E-state index in [4.69, 9.17) is 13.8 Å². The standard InChI is InChI=1S/C82H78N4OSi/c1-79(2,3)58-42-43-83-77(50-58)86-71-36-20-23-39-75(71)88(73-37-21-16-30-67(73)68-31-17-22-38-74(68)88)76-41-40-64(52-72(76)86)87-63-29-24-28-62(51-63)84-53-85(70-35-19-18-34-69(70)84)78-65(54-26-14-13-15-27-54)32-25-33-66(78)57-44-55(45-59(48-57)80(4,5)6)56-46-60(81(7,8)9)49-61(47-56)82(10,11)12/h13-52H,53H2,1-12H3/i13D,14D,15D,26D,27D. The van der Waals surface area contributed by atoms with Gasteiger partial charge in [0.2, 0.25) is 0 Å². The summed E-state index contributed by atoms with van der Waals surface area (Å²) < 4.78 is 52.8.